The van der Waals surface area contributed by atoms with Gasteiger partial charge in [0.2, 0.25) is 0 Å². The van der Waals surface area contributed by atoms with Gasteiger partial charge in [-0.1, -0.05) is 0 Å². The van der Waals surface area contributed by atoms with E-state index in [1.165, 1.54) is 0 Å². The zero-order chi connectivity index (χ0) is 24.1. The van der Waals surface area contributed by atoms with Crippen LogP contribution in [-0.4, -0.2) is 50.2 Å². The summed E-state index contributed by atoms with van der Waals surface area (Å²) < 4.78 is 147. The first-order valence-corrected chi connectivity index (χ1v) is 13.5. The van der Waals surface area contributed by atoms with E-state index < -0.39 is 40.9 Å². The summed E-state index contributed by atoms with van der Waals surface area (Å²) in [5.74, 6) is -14.6. The molecule has 14 heteroatoms. The first kappa shape index (κ1) is 29.7. The van der Waals surface area contributed by atoms with Crippen LogP contribution in [0.5, 0.6) is 0 Å². The van der Waals surface area contributed by atoms with Crippen molar-refractivity contribution in [2.45, 2.75) is 82.6 Å². The summed E-state index contributed by atoms with van der Waals surface area (Å²) in [6.45, 7) is 5.08. The molecule has 0 aliphatic rings. The van der Waals surface area contributed by atoms with E-state index in [0.29, 0.717) is 38.5 Å². The van der Waals surface area contributed by atoms with Crippen LogP contribution in [0, 0.1) is 0 Å². The number of unbranched alkanes of at least 4 members (excludes halogenated alkanes) is 3. The van der Waals surface area contributed by atoms with E-state index in [1.807, 2.05) is 0 Å². The normalized spacial score (nSPS) is 15.5. The predicted octanol–water partition coefficient (Wildman–Crippen LogP) is 6.82. The van der Waals surface area contributed by atoms with Crippen molar-refractivity contribution < 1.29 is 51.9 Å². The van der Waals surface area contributed by atoms with E-state index in [0.717, 1.165) is 0 Å². The monoisotopic (exact) mass is 502 g/mol. The Balaban J connectivity index is 6.29. The van der Waals surface area contributed by atoms with Crippen molar-refractivity contribution in [3.8, 4) is 0 Å². The number of rotatable bonds is 14. The Kier molecular flexibility index (Phi) is 10.4. The molecule has 0 N–H and O–H groups in total. The van der Waals surface area contributed by atoms with E-state index in [4.69, 9.17) is 0 Å². The van der Waals surface area contributed by atoms with Crippen molar-refractivity contribution in [1.82, 2.24) is 0 Å². The van der Waals surface area contributed by atoms with Gasteiger partial charge in [-0.25, -0.2) is 0 Å². The van der Waals surface area contributed by atoms with Gasteiger partial charge in [0.05, 0.1) is 0 Å². The van der Waals surface area contributed by atoms with Crippen molar-refractivity contribution in [2.24, 2.45) is 0 Å². The van der Waals surface area contributed by atoms with Crippen LogP contribution in [0.3, 0.4) is 0 Å². The van der Waals surface area contributed by atoms with Crippen LogP contribution in [-0.2, 0) is 14.1 Å². The summed E-state index contributed by atoms with van der Waals surface area (Å²) in [4.78, 5) is 0. The number of alkyl halides is 9. The Labute approximate surface area is 171 Å². The molecule has 184 valence electrons. The van der Waals surface area contributed by atoms with Crippen LogP contribution in [0.4, 0.5) is 39.5 Å². The van der Waals surface area contributed by atoms with Gasteiger partial charge in [-0.05, 0) is 0 Å². The summed E-state index contributed by atoms with van der Waals surface area (Å²) in [5.41, 5.74) is 0. The molecule has 0 rings (SSSR count). The van der Waals surface area contributed by atoms with E-state index in [2.05, 4.69) is 3.97 Å². The van der Waals surface area contributed by atoms with E-state index in [1.54, 1.807) is 20.8 Å². The van der Waals surface area contributed by atoms with Crippen LogP contribution < -0.4 is 0 Å². The molecule has 0 aliphatic heterocycles. The Morgan fingerprint density at radius 2 is 1.00 bits per heavy atom. The number of halogens is 9. The molecule has 3 nitrogen and oxygen atoms in total. The average molecular weight is 502 g/mol. The Hall–Kier alpha value is -0.290. The van der Waals surface area contributed by atoms with Crippen molar-refractivity contribution in [3.63, 3.8) is 0 Å². The fraction of sp³-hybridized carbons (Fsp3) is 1.00. The van der Waals surface area contributed by atoms with Crippen molar-refractivity contribution in [2.75, 3.05) is 18.5 Å². The SMILES string of the molecule is CCCC[PH](CCCC)(CCCC)OS(=O)(=O)C(F)(F)C(F)(F)C(F)(F)C(F)(F)F. The third-order valence-corrected chi connectivity index (χ3v) is 11.6. The third kappa shape index (κ3) is 6.15. The minimum absolute atomic E-state index is 0.0277. The molecular formula is C16H28F9O3PS. The van der Waals surface area contributed by atoms with E-state index in [-0.39, 0.29) is 18.5 Å². The van der Waals surface area contributed by atoms with Gasteiger partial charge in [-0.3, -0.25) is 0 Å². The maximum atomic E-state index is 14.1. The summed E-state index contributed by atoms with van der Waals surface area (Å²) in [5, 5.41) is -6.79. The molecule has 0 unspecified atom stereocenters. The molecule has 0 heterocycles. The zero-order valence-corrected chi connectivity index (χ0v) is 18.7. The predicted molar refractivity (Wildman–Crippen MR) is 98.5 cm³/mol. The van der Waals surface area contributed by atoms with Crippen LogP contribution in [0.2, 0.25) is 0 Å². The van der Waals surface area contributed by atoms with Crippen LogP contribution >= 0.6 is 7.49 Å². The van der Waals surface area contributed by atoms with Gasteiger partial charge >= 0.3 is 171 Å². The second-order valence-corrected chi connectivity index (χ2v) is 13.1. The van der Waals surface area contributed by atoms with E-state index in [9.17, 15) is 47.9 Å². The summed E-state index contributed by atoms with van der Waals surface area (Å²) in [6, 6.07) is 0. The molecule has 0 fully saturated rings. The van der Waals surface area contributed by atoms with Crippen LogP contribution in [0.25, 0.3) is 0 Å². The Morgan fingerprint density at radius 1 is 0.667 bits per heavy atom. The van der Waals surface area contributed by atoms with Gasteiger partial charge in [0.1, 0.15) is 0 Å². The first-order valence-electron chi connectivity index (χ1n) is 9.54. The van der Waals surface area contributed by atoms with Crippen molar-refractivity contribution in [1.29, 1.82) is 0 Å². The van der Waals surface area contributed by atoms with Gasteiger partial charge in [-0.2, -0.15) is 0 Å². The molecule has 30 heavy (non-hydrogen) atoms. The molecule has 0 bridgehead atoms. The van der Waals surface area contributed by atoms with Gasteiger partial charge in [0.25, 0.3) is 0 Å². The second-order valence-electron chi connectivity index (χ2n) is 7.19. The molecule has 0 saturated heterocycles. The molecule has 0 amide bonds. The molecule has 0 atom stereocenters. The van der Waals surface area contributed by atoms with Crippen LogP contribution in [0.1, 0.15) is 59.3 Å². The van der Waals surface area contributed by atoms with Crippen LogP contribution in [0.15, 0.2) is 0 Å². The number of hydrogen-bond acceptors (Lipinski definition) is 3. The molecule has 0 aliphatic carbocycles. The third-order valence-electron chi connectivity index (χ3n) is 4.67. The average Bonchev–Trinajstić information content (AvgIpc) is 2.61. The standard InChI is InChI=1S/C16H28F9O3PS/c1-4-7-10-29(11-8-5-2,12-9-6-3)28-30(26,27)16(24,25)14(19,20)13(17,18)15(21,22)23/h29H,4-12H2,1-3H3. The van der Waals surface area contributed by atoms with Crippen molar-refractivity contribution in [3.05, 3.63) is 0 Å². The van der Waals surface area contributed by atoms with Gasteiger partial charge < -0.3 is 0 Å². The molecule has 0 aromatic heterocycles. The van der Waals surface area contributed by atoms with Gasteiger partial charge in [-0.15, -0.1) is 0 Å². The quantitative estimate of drug-likeness (QED) is 0.193. The molecule has 0 radical (unpaired) electrons. The molecule has 0 spiro atoms. The van der Waals surface area contributed by atoms with Gasteiger partial charge in [0.15, 0.2) is 0 Å². The van der Waals surface area contributed by atoms with Crippen molar-refractivity contribution >= 4 is 17.6 Å². The zero-order valence-electron chi connectivity index (χ0n) is 16.9. The topological polar surface area (TPSA) is 43.4 Å². The Bertz CT molecular complexity index is 615. The minimum atomic E-state index is -7.29. The molecular weight excluding hydrogens is 474 g/mol. The fourth-order valence-corrected chi connectivity index (χ4v) is 10.3. The Morgan fingerprint density at radius 3 is 1.27 bits per heavy atom. The van der Waals surface area contributed by atoms with E-state index >= 15 is 0 Å². The summed E-state index contributed by atoms with van der Waals surface area (Å²) >= 11 is 0. The molecule has 0 aromatic carbocycles. The summed E-state index contributed by atoms with van der Waals surface area (Å²) in [7, 11) is -10.5. The molecule has 0 aromatic rings. The summed E-state index contributed by atoms with van der Waals surface area (Å²) in [6.07, 6.45) is -4.84. The molecule has 0 saturated carbocycles. The first-order chi connectivity index (χ1) is 13.4. The van der Waals surface area contributed by atoms with Gasteiger partial charge in [0, 0.05) is 0 Å². The fourth-order valence-electron chi connectivity index (χ4n) is 2.80. The second kappa shape index (κ2) is 10.6. The maximum absolute atomic E-state index is 14.1. The number of hydrogen-bond donors (Lipinski definition) is 0.